The van der Waals surface area contributed by atoms with Crippen LogP contribution >= 0.6 is 0 Å². The monoisotopic (exact) mass is 167 g/mol. The Kier molecular flexibility index (Phi) is 2.30. The summed E-state index contributed by atoms with van der Waals surface area (Å²) >= 11 is 0. The molecule has 0 bridgehead atoms. The lowest BCUT2D eigenvalue weighted by Gasteiger charge is -2.02. The molecule has 0 heterocycles. The van der Waals surface area contributed by atoms with Gasteiger partial charge in [-0.05, 0) is 18.2 Å². The maximum absolute atomic E-state index is 10.5. The Morgan fingerprint density at radius 2 is 2.17 bits per heavy atom. The molecule has 0 aliphatic rings. The minimum absolute atomic E-state index is 0.133. The topological polar surface area (TPSA) is 83.6 Å². The summed E-state index contributed by atoms with van der Waals surface area (Å²) in [4.78, 5) is 10.5. The first-order valence-electron chi connectivity index (χ1n) is 3.37. The average Bonchev–Trinajstić information content (AvgIpc) is 2.05. The lowest BCUT2D eigenvalue weighted by Crippen LogP contribution is -2.00. The summed E-state index contributed by atoms with van der Waals surface area (Å²) in [5.74, 6) is -1.02. The first-order valence-corrected chi connectivity index (χ1v) is 3.37. The van der Waals surface area contributed by atoms with Crippen molar-refractivity contribution in [3.63, 3.8) is 0 Å². The van der Waals surface area contributed by atoms with E-state index >= 15 is 0 Å². The van der Waals surface area contributed by atoms with Crippen LogP contribution in [0.3, 0.4) is 0 Å². The van der Waals surface area contributed by atoms with Gasteiger partial charge in [0.25, 0.3) is 0 Å². The van der Waals surface area contributed by atoms with E-state index in [1.165, 1.54) is 18.2 Å². The zero-order valence-electron chi connectivity index (χ0n) is 6.32. The number of carboxylic acids is 1. The van der Waals surface area contributed by atoms with Crippen LogP contribution < -0.4 is 5.73 Å². The maximum Gasteiger partial charge on any atom is 0.335 e. The molecule has 0 saturated heterocycles. The van der Waals surface area contributed by atoms with Gasteiger partial charge in [-0.15, -0.1) is 0 Å². The molecule has 0 spiro atoms. The molecule has 1 aromatic rings. The summed E-state index contributed by atoms with van der Waals surface area (Å²) in [6.45, 7) is -0.243. The van der Waals surface area contributed by atoms with Crippen molar-refractivity contribution >= 4 is 11.7 Å². The summed E-state index contributed by atoms with van der Waals surface area (Å²) in [5, 5.41) is 17.3. The number of benzene rings is 1. The lowest BCUT2D eigenvalue weighted by molar-refractivity contribution is 0.0696. The standard InChI is InChI=1S/C8H9NO3/c9-7-2-1-5(8(11)12)3-6(7)4-10/h1-3,10H,4,9H2,(H,11,12). The summed E-state index contributed by atoms with van der Waals surface area (Å²) in [5.41, 5.74) is 6.42. The molecule has 0 saturated carbocycles. The van der Waals surface area contributed by atoms with Crippen molar-refractivity contribution in [2.75, 3.05) is 5.73 Å². The number of hydrogen-bond donors (Lipinski definition) is 3. The molecule has 0 amide bonds. The molecule has 0 atom stereocenters. The van der Waals surface area contributed by atoms with Crippen LogP contribution in [-0.2, 0) is 6.61 Å². The predicted octanol–water partition coefficient (Wildman–Crippen LogP) is 0.459. The van der Waals surface area contributed by atoms with Gasteiger partial charge in [-0.1, -0.05) is 0 Å². The van der Waals surface area contributed by atoms with Gasteiger partial charge in [-0.3, -0.25) is 0 Å². The van der Waals surface area contributed by atoms with Crippen LogP contribution in [0.1, 0.15) is 15.9 Å². The van der Waals surface area contributed by atoms with E-state index in [-0.39, 0.29) is 12.2 Å². The second-order valence-electron chi connectivity index (χ2n) is 2.38. The van der Waals surface area contributed by atoms with Crippen molar-refractivity contribution in [2.45, 2.75) is 6.61 Å². The van der Waals surface area contributed by atoms with Crippen LogP contribution in [0.4, 0.5) is 5.69 Å². The highest BCUT2D eigenvalue weighted by Crippen LogP contribution is 2.13. The van der Waals surface area contributed by atoms with E-state index < -0.39 is 5.97 Å². The fourth-order valence-electron chi connectivity index (χ4n) is 0.876. The van der Waals surface area contributed by atoms with E-state index in [1.807, 2.05) is 0 Å². The van der Waals surface area contributed by atoms with Gasteiger partial charge in [-0.2, -0.15) is 0 Å². The Labute approximate surface area is 69.3 Å². The second kappa shape index (κ2) is 3.23. The quantitative estimate of drug-likeness (QED) is 0.559. The molecule has 0 aliphatic heterocycles. The van der Waals surface area contributed by atoms with E-state index in [0.717, 1.165) is 0 Å². The van der Waals surface area contributed by atoms with E-state index in [9.17, 15) is 4.79 Å². The summed E-state index contributed by atoms with van der Waals surface area (Å²) in [6.07, 6.45) is 0. The van der Waals surface area contributed by atoms with E-state index in [1.54, 1.807) is 0 Å². The van der Waals surface area contributed by atoms with Crippen LogP contribution in [0.15, 0.2) is 18.2 Å². The smallest absolute Gasteiger partial charge is 0.335 e. The molecule has 0 fully saturated rings. The van der Waals surface area contributed by atoms with Gasteiger partial charge < -0.3 is 15.9 Å². The van der Waals surface area contributed by atoms with Crippen LogP contribution in [0, 0.1) is 0 Å². The summed E-state index contributed by atoms with van der Waals surface area (Å²) in [7, 11) is 0. The number of hydrogen-bond acceptors (Lipinski definition) is 3. The molecule has 12 heavy (non-hydrogen) atoms. The van der Waals surface area contributed by atoms with Crippen LogP contribution in [-0.4, -0.2) is 16.2 Å². The molecule has 0 aliphatic carbocycles. The van der Waals surface area contributed by atoms with Crippen molar-refractivity contribution in [3.05, 3.63) is 29.3 Å². The zero-order valence-corrected chi connectivity index (χ0v) is 6.32. The summed E-state index contributed by atoms with van der Waals surface area (Å²) in [6, 6.07) is 4.23. The van der Waals surface area contributed by atoms with Crippen molar-refractivity contribution in [2.24, 2.45) is 0 Å². The highest BCUT2D eigenvalue weighted by Gasteiger charge is 2.04. The number of rotatable bonds is 2. The Bertz CT molecular complexity index is 309. The molecule has 0 radical (unpaired) electrons. The van der Waals surface area contributed by atoms with Gasteiger partial charge in [0.05, 0.1) is 12.2 Å². The highest BCUT2D eigenvalue weighted by atomic mass is 16.4. The first kappa shape index (κ1) is 8.55. The largest absolute Gasteiger partial charge is 0.478 e. The third-order valence-corrected chi connectivity index (χ3v) is 1.56. The Morgan fingerprint density at radius 1 is 1.50 bits per heavy atom. The average molecular weight is 167 g/mol. The summed E-state index contributed by atoms with van der Waals surface area (Å²) < 4.78 is 0. The Morgan fingerprint density at radius 3 is 2.67 bits per heavy atom. The van der Waals surface area contributed by atoms with Crippen molar-refractivity contribution in [1.82, 2.24) is 0 Å². The number of aromatic carboxylic acids is 1. The number of aliphatic hydroxyl groups excluding tert-OH is 1. The number of nitrogen functional groups attached to an aromatic ring is 1. The first-order chi connectivity index (χ1) is 5.65. The lowest BCUT2D eigenvalue weighted by atomic mass is 10.1. The zero-order chi connectivity index (χ0) is 9.14. The minimum Gasteiger partial charge on any atom is -0.478 e. The van der Waals surface area contributed by atoms with Crippen molar-refractivity contribution in [1.29, 1.82) is 0 Å². The maximum atomic E-state index is 10.5. The van der Waals surface area contributed by atoms with E-state index in [4.69, 9.17) is 15.9 Å². The molecule has 0 aromatic heterocycles. The molecule has 4 heteroatoms. The molecule has 1 rings (SSSR count). The molecular formula is C8H9NO3. The van der Waals surface area contributed by atoms with Crippen LogP contribution in [0.5, 0.6) is 0 Å². The second-order valence-corrected chi connectivity index (χ2v) is 2.38. The van der Waals surface area contributed by atoms with Gasteiger partial charge in [0.15, 0.2) is 0 Å². The SMILES string of the molecule is Nc1ccc(C(=O)O)cc1CO. The van der Waals surface area contributed by atoms with Crippen LogP contribution in [0.25, 0.3) is 0 Å². The minimum atomic E-state index is -1.02. The van der Waals surface area contributed by atoms with E-state index in [2.05, 4.69) is 0 Å². The molecule has 64 valence electrons. The fraction of sp³-hybridized carbons (Fsp3) is 0.125. The molecule has 4 N–H and O–H groups in total. The third kappa shape index (κ3) is 1.54. The fourth-order valence-corrected chi connectivity index (χ4v) is 0.876. The Balaban J connectivity index is 3.13. The van der Waals surface area contributed by atoms with Gasteiger partial charge in [0, 0.05) is 11.3 Å². The molecule has 0 unspecified atom stereocenters. The number of aliphatic hydroxyl groups is 1. The highest BCUT2D eigenvalue weighted by molar-refractivity contribution is 5.88. The number of nitrogens with two attached hydrogens (primary N) is 1. The van der Waals surface area contributed by atoms with Gasteiger partial charge in [0.2, 0.25) is 0 Å². The molecular weight excluding hydrogens is 158 g/mol. The van der Waals surface area contributed by atoms with Crippen molar-refractivity contribution in [3.8, 4) is 0 Å². The van der Waals surface area contributed by atoms with Gasteiger partial charge in [0.1, 0.15) is 0 Å². The van der Waals surface area contributed by atoms with Crippen LogP contribution in [0.2, 0.25) is 0 Å². The Hall–Kier alpha value is -1.55. The predicted molar refractivity (Wildman–Crippen MR) is 43.7 cm³/mol. The number of carboxylic acid groups (broad SMARTS) is 1. The van der Waals surface area contributed by atoms with Gasteiger partial charge >= 0.3 is 5.97 Å². The van der Waals surface area contributed by atoms with Crippen molar-refractivity contribution < 1.29 is 15.0 Å². The third-order valence-electron chi connectivity index (χ3n) is 1.56. The number of carbonyl (C=O) groups is 1. The normalized spacial score (nSPS) is 9.75. The molecule has 4 nitrogen and oxygen atoms in total. The number of anilines is 1. The van der Waals surface area contributed by atoms with Gasteiger partial charge in [-0.25, -0.2) is 4.79 Å². The van der Waals surface area contributed by atoms with E-state index in [0.29, 0.717) is 11.3 Å². The molecule has 1 aromatic carbocycles.